The van der Waals surface area contributed by atoms with Gasteiger partial charge < -0.3 is 33.8 Å². The zero-order valence-electron chi connectivity index (χ0n) is 60.7. The van der Waals surface area contributed by atoms with Crippen LogP contribution in [0.5, 0.6) is 0 Å². The van der Waals surface area contributed by atoms with Gasteiger partial charge in [0.25, 0.3) is 0 Å². The monoisotopic (exact) mass is 1370 g/mol. The predicted molar refractivity (Wildman–Crippen MR) is 377 cm³/mol. The predicted octanol–water partition coefficient (Wildman–Crippen LogP) is 21.4. The highest BCUT2D eigenvalue weighted by molar-refractivity contribution is 7.47. The van der Waals surface area contributed by atoms with Crippen molar-refractivity contribution < 1.29 is 80.2 Å². The number of phosphoric ester groups is 2. The van der Waals surface area contributed by atoms with Crippen LogP contribution in [-0.4, -0.2) is 96.7 Å². The van der Waals surface area contributed by atoms with Gasteiger partial charge >= 0.3 is 39.5 Å². The molecule has 19 heteroatoms. The number of carbonyl (C=O) groups excluding carboxylic acids is 4. The number of rotatable bonds is 72. The topological polar surface area (TPSA) is 237 Å². The van der Waals surface area contributed by atoms with Crippen molar-refractivity contribution in [3.05, 3.63) is 0 Å². The molecule has 0 aromatic heterocycles. The van der Waals surface area contributed by atoms with Gasteiger partial charge in [-0.25, -0.2) is 9.13 Å². The zero-order chi connectivity index (χ0) is 68.7. The van der Waals surface area contributed by atoms with Crippen molar-refractivity contribution in [3.63, 3.8) is 0 Å². The first-order chi connectivity index (χ1) is 44.8. The fourth-order valence-electron chi connectivity index (χ4n) is 11.2. The highest BCUT2D eigenvalue weighted by Gasteiger charge is 2.30. The molecular weight excluding hydrogens is 1220 g/mol. The lowest BCUT2D eigenvalue weighted by Crippen LogP contribution is -2.30. The van der Waals surface area contributed by atoms with Crippen LogP contribution in [0.2, 0.25) is 0 Å². The number of aliphatic hydroxyl groups excluding tert-OH is 1. The first-order valence-corrected chi connectivity index (χ1v) is 41.4. The van der Waals surface area contributed by atoms with Gasteiger partial charge in [-0.2, -0.15) is 0 Å². The van der Waals surface area contributed by atoms with Gasteiger partial charge in [0.1, 0.15) is 19.3 Å². The third-order valence-corrected chi connectivity index (χ3v) is 19.4. The van der Waals surface area contributed by atoms with Crippen LogP contribution in [0.3, 0.4) is 0 Å². The van der Waals surface area contributed by atoms with Crippen molar-refractivity contribution in [2.75, 3.05) is 39.6 Å². The van der Waals surface area contributed by atoms with E-state index < -0.39 is 97.5 Å². The third kappa shape index (κ3) is 67.0. The molecule has 0 fully saturated rings. The van der Waals surface area contributed by atoms with Gasteiger partial charge in [-0.1, -0.05) is 325 Å². The van der Waals surface area contributed by atoms with Crippen LogP contribution in [0.15, 0.2) is 0 Å². The van der Waals surface area contributed by atoms with Gasteiger partial charge in [0.05, 0.1) is 26.4 Å². The highest BCUT2D eigenvalue weighted by atomic mass is 31.2. The lowest BCUT2D eigenvalue weighted by Gasteiger charge is -2.21. The summed E-state index contributed by atoms with van der Waals surface area (Å²) in [5.74, 6) is 0.203. The second-order valence-corrected chi connectivity index (χ2v) is 30.8. The van der Waals surface area contributed by atoms with Crippen LogP contribution in [-0.2, 0) is 65.4 Å². The molecule has 0 aliphatic heterocycles. The van der Waals surface area contributed by atoms with Crippen LogP contribution in [0, 0.1) is 17.8 Å². The molecule has 3 N–H and O–H groups in total. The molecule has 0 spiro atoms. The number of unbranched alkanes of at least 4 members (excludes halogenated alkanes) is 39. The number of aliphatic hydroxyl groups is 1. The third-order valence-electron chi connectivity index (χ3n) is 17.5. The van der Waals surface area contributed by atoms with Crippen molar-refractivity contribution >= 4 is 39.5 Å². The van der Waals surface area contributed by atoms with E-state index in [4.69, 9.17) is 37.0 Å². The van der Waals surface area contributed by atoms with Crippen LogP contribution in [0.1, 0.15) is 376 Å². The Kier molecular flexibility index (Phi) is 63.4. The Morgan fingerprint density at radius 2 is 0.548 bits per heavy atom. The Morgan fingerprint density at radius 3 is 0.817 bits per heavy atom. The lowest BCUT2D eigenvalue weighted by molar-refractivity contribution is -0.161. The standard InChI is InChI=1S/C74H144O17P2/c1-8-10-11-12-13-14-15-19-27-34-41-48-55-71(76)84-62-70(91-74(79)58-51-44-37-30-23-25-32-39-46-53-66(5)6)64-89-93(82,83)87-60-68(75)59-86-92(80,81)88-63-69(61-85-72(77)56-49-42-35-28-22-21-26-33-40-47-54-67(7)9-2)90-73(78)57-50-43-36-29-20-17-16-18-24-31-38-45-52-65(3)4/h65-70,75H,8-64H2,1-7H3,(H,80,81)(H,82,83)/t67?,68-,69-,70-/m1/s1. The van der Waals surface area contributed by atoms with Crippen LogP contribution >= 0.6 is 15.6 Å². The molecule has 0 aliphatic rings. The van der Waals surface area contributed by atoms with Crippen molar-refractivity contribution in [1.82, 2.24) is 0 Å². The Labute approximate surface area is 568 Å². The van der Waals surface area contributed by atoms with Crippen LogP contribution in [0.4, 0.5) is 0 Å². The Hall–Kier alpha value is -1.94. The molecule has 0 rings (SSSR count). The molecular formula is C74H144O17P2. The zero-order valence-corrected chi connectivity index (χ0v) is 62.5. The first-order valence-electron chi connectivity index (χ1n) is 38.4. The largest absolute Gasteiger partial charge is 0.472 e. The van der Waals surface area contributed by atoms with Gasteiger partial charge in [-0.05, 0) is 43.4 Å². The second-order valence-electron chi connectivity index (χ2n) is 27.9. The molecule has 0 radical (unpaired) electrons. The van der Waals surface area contributed by atoms with Crippen LogP contribution < -0.4 is 0 Å². The van der Waals surface area contributed by atoms with Crippen molar-refractivity contribution in [2.45, 2.75) is 394 Å². The summed E-state index contributed by atoms with van der Waals surface area (Å²) >= 11 is 0. The maximum Gasteiger partial charge on any atom is 0.472 e. The maximum atomic E-state index is 13.1. The molecule has 0 heterocycles. The number of hydrogen-bond donors (Lipinski definition) is 3. The van der Waals surface area contributed by atoms with Crippen molar-refractivity contribution in [1.29, 1.82) is 0 Å². The summed E-state index contributed by atoms with van der Waals surface area (Å²) in [5.41, 5.74) is 0. The molecule has 0 bridgehead atoms. The summed E-state index contributed by atoms with van der Waals surface area (Å²) in [5, 5.41) is 10.6. The molecule has 93 heavy (non-hydrogen) atoms. The second kappa shape index (κ2) is 64.7. The molecule has 0 amide bonds. The summed E-state index contributed by atoms with van der Waals surface area (Å²) in [4.78, 5) is 72.8. The summed E-state index contributed by atoms with van der Waals surface area (Å²) in [6, 6.07) is 0. The van der Waals surface area contributed by atoms with Crippen molar-refractivity contribution in [2.24, 2.45) is 17.8 Å². The average Bonchev–Trinajstić information content (AvgIpc) is 3.16. The number of esters is 4. The SMILES string of the molecule is CCCCCCCCCCCCCCC(=O)OC[C@H](COP(=O)(O)OC[C@H](O)COP(=O)(O)OC[C@@H](COC(=O)CCCCCCCCCCCCC(C)CC)OC(=O)CCCCCCCCCCCCCCC(C)C)OC(=O)CCCCCCCCCCCC(C)C. The molecule has 3 unspecified atom stereocenters. The van der Waals surface area contributed by atoms with E-state index >= 15 is 0 Å². The van der Waals surface area contributed by atoms with E-state index in [-0.39, 0.29) is 25.7 Å². The number of hydrogen-bond acceptors (Lipinski definition) is 15. The van der Waals surface area contributed by atoms with Crippen molar-refractivity contribution in [3.8, 4) is 0 Å². The van der Waals surface area contributed by atoms with Gasteiger partial charge in [0, 0.05) is 25.7 Å². The molecule has 0 saturated carbocycles. The van der Waals surface area contributed by atoms with E-state index in [1.165, 1.54) is 186 Å². The van der Waals surface area contributed by atoms with E-state index in [2.05, 4.69) is 48.5 Å². The molecule has 552 valence electrons. The van der Waals surface area contributed by atoms with E-state index in [1.54, 1.807) is 0 Å². The molecule has 0 aromatic rings. The maximum absolute atomic E-state index is 13.1. The van der Waals surface area contributed by atoms with E-state index in [9.17, 15) is 43.2 Å². The summed E-state index contributed by atoms with van der Waals surface area (Å²) in [7, 11) is -9.91. The minimum Gasteiger partial charge on any atom is -0.462 e. The molecule has 6 atom stereocenters. The van der Waals surface area contributed by atoms with Crippen LogP contribution in [0.25, 0.3) is 0 Å². The number of ether oxygens (including phenoxy) is 4. The Balaban J connectivity index is 5.27. The first kappa shape index (κ1) is 91.1. The van der Waals surface area contributed by atoms with Gasteiger partial charge in [0.2, 0.25) is 0 Å². The molecule has 0 aromatic carbocycles. The summed E-state index contributed by atoms with van der Waals surface area (Å²) < 4.78 is 68.5. The number of phosphoric acid groups is 2. The highest BCUT2D eigenvalue weighted by Crippen LogP contribution is 2.45. The fraction of sp³-hybridized carbons (Fsp3) is 0.946. The van der Waals surface area contributed by atoms with E-state index in [1.807, 2.05) is 0 Å². The molecule has 17 nitrogen and oxygen atoms in total. The summed E-state index contributed by atoms with van der Waals surface area (Å²) in [6.07, 6.45) is 49.7. The summed E-state index contributed by atoms with van der Waals surface area (Å²) in [6.45, 7) is 11.9. The normalized spacial score (nSPS) is 14.4. The lowest BCUT2D eigenvalue weighted by atomic mass is 9.99. The average molecular weight is 1370 g/mol. The molecule has 0 saturated heterocycles. The Morgan fingerprint density at radius 1 is 0.312 bits per heavy atom. The van der Waals surface area contributed by atoms with E-state index in [0.717, 1.165) is 108 Å². The smallest absolute Gasteiger partial charge is 0.462 e. The fourth-order valence-corrected chi connectivity index (χ4v) is 12.8. The Bertz CT molecular complexity index is 1820. The van der Waals surface area contributed by atoms with Gasteiger partial charge in [-0.3, -0.25) is 37.3 Å². The van der Waals surface area contributed by atoms with E-state index in [0.29, 0.717) is 25.7 Å². The quantitative estimate of drug-likeness (QED) is 0.0222. The minimum atomic E-state index is -4.96. The number of carbonyl (C=O) groups is 4. The van der Waals surface area contributed by atoms with Gasteiger partial charge in [-0.15, -0.1) is 0 Å². The van der Waals surface area contributed by atoms with Gasteiger partial charge in [0.15, 0.2) is 12.2 Å². The minimum absolute atomic E-state index is 0.105. The molecule has 0 aliphatic carbocycles.